The van der Waals surface area contributed by atoms with Crippen molar-refractivity contribution >= 4 is 5.96 Å². The summed E-state index contributed by atoms with van der Waals surface area (Å²) in [5.41, 5.74) is 8.10. The van der Waals surface area contributed by atoms with Gasteiger partial charge in [-0.05, 0) is 29.7 Å². The Labute approximate surface area is 154 Å². The Morgan fingerprint density at radius 2 is 1.85 bits per heavy atom. The minimum Gasteiger partial charge on any atom is -0.493 e. The van der Waals surface area contributed by atoms with E-state index in [-0.39, 0.29) is 12.5 Å². The first-order valence-electron chi connectivity index (χ1n) is 8.58. The fraction of sp³-hybridized carbons (Fsp3) is 0.350. The summed E-state index contributed by atoms with van der Waals surface area (Å²) in [6.45, 7) is 1.13. The predicted molar refractivity (Wildman–Crippen MR) is 104 cm³/mol. The van der Waals surface area contributed by atoms with E-state index in [9.17, 15) is 5.11 Å². The monoisotopic (exact) mass is 357 g/mol. The van der Waals surface area contributed by atoms with Crippen LogP contribution in [0.25, 0.3) is 0 Å². The molecule has 2 aromatic rings. The van der Waals surface area contributed by atoms with Gasteiger partial charge in [0.05, 0.1) is 27.4 Å². The molecule has 0 aliphatic carbocycles. The van der Waals surface area contributed by atoms with Gasteiger partial charge in [-0.15, -0.1) is 0 Å². The van der Waals surface area contributed by atoms with Crippen LogP contribution in [0.15, 0.2) is 53.5 Å². The number of methoxy groups -OCH3 is 2. The second-order valence-corrected chi connectivity index (χ2v) is 5.88. The Morgan fingerprint density at radius 3 is 2.50 bits per heavy atom. The van der Waals surface area contributed by atoms with Crippen LogP contribution < -0.4 is 20.5 Å². The third-order valence-corrected chi connectivity index (χ3v) is 4.14. The first-order chi connectivity index (χ1) is 12.7. The number of hydrogen-bond donors (Lipinski definition) is 3. The van der Waals surface area contributed by atoms with Crippen LogP contribution in [0.1, 0.15) is 17.0 Å². The van der Waals surface area contributed by atoms with Gasteiger partial charge >= 0.3 is 0 Å². The topological polar surface area (TPSA) is 89.1 Å². The zero-order chi connectivity index (χ0) is 18.8. The van der Waals surface area contributed by atoms with Crippen molar-refractivity contribution in [2.45, 2.75) is 12.3 Å². The molecule has 0 bridgehead atoms. The molecule has 0 saturated heterocycles. The van der Waals surface area contributed by atoms with E-state index >= 15 is 0 Å². The number of hydrogen-bond acceptors (Lipinski definition) is 4. The van der Waals surface area contributed by atoms with Crippen molar-refractivity contribution < 1.29 is 14.6 Å². The lowest BCUT2D eigenvalue weighted by molar-refractivity contribution is 0.268. The molecule has 4 N–H and O–H groups in total. The Bertz CT molecular complexity index is 705. The minimum absolute atomic E-state index is 0.0342. The average molecular weight is 357 g/mol. The number of benzene rings is 2. The quantitative estimate of drug-likeness (QED) is 0.471. The SMILES string of the molecule is COc1ccc(CCNC(N)=NCC(CO)c2ccccc2)cc1OC. The second-order valence-electron chi connectivity index (χ2n) is 5.88. The van der Waals surface area contributed by atoms with Crippen molar-refractivity contribution in [2.24, 2.45) is 10.7 Å². The van der Waals surface area contributed by atoms with Crippen LogP contribution in [0.3, 0.4) is 0 Å². The summed E-state index contributed by atoms with van der Waals surface area (Å²) < 4.78 is 10.5. The van der Waals surface area contributed by atoms with Crippen molar-refractivity contribution in [3.8, 4) is 11.5 Å². The zero-order valence-electron chi connectivity index (χ0n) is 15.3. The van der Waals surface area contributed by atoms with E-state index < -0.39 is 0 Å². The van der Waals surface area contributed by atoms with Gasteiger partial charge in [0.25, 0.3) is 0 Å². The average Bonchev–Trinajstić information content (AvgIpc) is 2.69. The molecule has 0 aliphatic heterocycles. The summed E-state index contributed by atoms with van der Waals surface area (Å²) in [6, 6.07) is 15.6. The van der Waals surface area contributed by atoms with Gasteiger partial charge in [0.15, 0.2) is 17.5 Å². The summed E-state index contributed by atoms with van der Waals surface area (Å²) in [4.78, 5) is 4.34. The van der Waals surface area contributed by atoms with E-state index in [2.05, 4.69) is 10.3 Å². The number of guanidine groups is 1. The summed E-state index contributed by atoms with van der Waals surface area (Å²) in [5.74, 6) is 1.74. The van der Waals surface area contributed by atoms with Gasteiger partial charge < -0.3 is 25.6 Å². The van der Waals surface area contributed by atoms with Crippen molar-refractivity contribution in [3.63, 3.8) is 0 Å². The molecule has 2 rings (SSSR count). The van der Waals surface area contributed by atoms with Crippen LogP contribution in [-0.2, 0) is 6.42 Å². The number of aliphatic hydroxyl groups excluding tert-OH is 1. The van der Waals surface area contributed by atoms with E-state index in [0.717, 1.165) is 17.5 Å². The maximum absolute atomic E-state index is 9.56. The summed E-state index contributed by atoms with van der Waals surface area (Å²) in [6.07, 6.45) is 0.776. The Balaban J connectivity index is 1.84. The summed E-state index contributed by atoms with van der Waals surface area (Å²) >= 11 is 0. The van der Waals surface area contributed by atoms with E-state index in [1.165, 1.54) is 0 Å². The molecular weight excluding hydrogens is 330 g/mol. The molecule has 0 spiro atoms. The number of ether oxygens (including phenoxy) is 2. The van der Waals surface area contributed by atoms with Gasteiger partial charge in [-0.25, -0.2) is 0 Å². The molecule has 0 aromatic heterocycles. The fourth-order valence-electron chi connectivity index (χ4n) is 2.63. The minimum atomic E-state index is -0.0533. The van der Waals surface area contributed by atoms with E-state index in [1.807, 2.05) is 48.5 Å². The molecule has 0 aliphatic rings. The number of nitrogens with one attached hydrogen (secondary N) is 1. The molecule has 140 valence electrons. The van der Waals surface area contributed by atoms with E-state index in [4.69, 9.17) is 15.2 Å². The lowest BCUT2D eigenvalue weighted by Gasteiger charge is -2.13. The maximum Gasteiger partial charge on any atom is 0.188 e. The third-order valence-electron chi connectivity index (χ3n) is 4.14. The maximum atomic E-state index is 9.56. The molecule has 0 radical (unpaired) electrons. The van der Waals surface area contributed by atoms with Crippen molar-refractivity contribution in [2.75, 3.05) is 33.9 Å². The molecule has 0 heterocycles. The normalized spacial score (nSPS) is 12.5. The number of aliphatic hydroxyl groups is 1. The summed E-state index contributed by atoms with van der Waals surface area (Å²) in [5, 5.41) is 12.7. The number of nitrogens with zero attached hydrogens (tertiary/aromatic N) is 1. The van der Waals surface area contributed by atoms with Crippen LogP contribution in [0.5, 0.6) is 11.5 Å². The van der Waals surface area contributed by atoms with Gasteiger partial charge in [-0.3, -0.25) is 4.99 Å². The fourth-order valence-corrected chi connectivity index (χ4v) is 2.63. The highest BCUT2D eigenvalue weighted by Crippen LogP contribution is 2.27. The molecule has 1 unspecified atom stereocenters. The molecule has 6 nitrogen and oxygen atoms in total. The van der Waals surface area contributed by atoms with Crippen LogP contribution in [-0.4, -0.2) is 45.0 Å². The van der Waals surface area contributed by atoms with Crippen molar-refractivity contribution in [1.82, 2.24) is 5.32 Å². The molecule has 26 heavy (non-hydrogen) atoms. The first-order valence-corrected chi connectivity index (χ1v) is 8.58. The zero-order valence-corrected chi connectivity index (χ0v) is 15.3. The van der Waals surface area contributed by atoms with Crippen LogP contribution >= 0.6 is 0 Å². The van der Waals surface area contributed by atoms with Gasteiger partial charge in [0, 0.05) is 12.5 Å². The highest BCUT2D eigenvalue weighted by Gasteiger charge is 2.09. The standard InChI is InChI=1S/C20H27N3O3/c1-25-18-9-8-15(12-19(18)26-2)10-11-22-20(21)23-13-17(14-24)16-6-4-3-5-7-16/h3-9,12,17,24H,10-11,13-14H2,1-2H3,(H3,21,22,23). The molecule has 2 aromatic carbocycles. The van der Waals surface area contributed by atoms with Crippen LogP contribution in [0.4, 0.5) is 0 Å². The van der Waals surface area contributed by atoms with Gasteiger partial charge in [0.2, 0.25) is 0 Å². The molecule has 6 heteroatoms. The molecule has 0 saturated carbocycles. The predicted octanol–water partition coefficient (Wildman–Crippen LogP) is 1.93. The molecular formula is C20H27N3O3. The lowest BCUT2D eigenvalue weighted by atomic mass is 10.0. The highest BCUT2D eigenvalue weighted by molar-refractivity contribution is 5.77. The number of rotatable bonds is 9. The largest absolute Gasteiger partial charge is 0.493 e. The third kappa shape index (κ3) is 5.67. The Morgan fingerprint density at radius 1 is 1.12 bits per heavy atom. The summed E-state index contributed by atoms with van der Waals surface area (Å²) in [7, 11) is 3.24. The van der Waals surface area contributed by atoms with Gasteiger partial charge in [-0.1, -0.05) is 36.4 Å². The number of nitrogens with two attached hydrogens (primary N) is 1. The highest BCUT2D eigenvalue weighted by atomic mass is 16.5. The number of aliphatic imine (C=N–C) groups is 1. The van der Waals surface area contributed by atoms with Gasteiger partial charge in [-0.2, -0.15) is 0 Å². The van der Waals surface area contributed by atoms with Crippen LogP contribution in [0.2, 0.25) is 0 Å². The smallest absolute Gasteiger partial charge is 0.188 e. The molecule has 1 atom stereocenters. The van der Waals surface area contributed by atoms with E-state index in [1.54, 1.807) is 14.2 Å². The molecule has 0 amide bonds. The van der Waals surface area contributed by atoms with Crippen LogP contribution in [0, 0.1) is 0 Å². The second kappa shape index (κ2) is 10.3. The lowest BCUT2D eigenvalue weighted by Crippen LogP contribution is -2.33. The van der Waals surface area contributed by atoms with E-state index in [0.29, 0.717) is 30.5 Å². The van der Waals surface area contributed by atoms with Crippen molar-refractivity contribution in [1.29, 1.82) is 0 Å². The Hall–Kier alpha value is -2.73. The first kappa shape index (κ1) is 19.6. The van der Waals surface area contributed by atoms with Crippen molar-refractivity contribution in [3.05, 3.63) is 59.7 Å². The molecule has 0 fully saturated rings. The van der Waals surface area contributed by atoms with Gasteiger partial charge in [0.1, 0.15) is 0 Å². The Kier molecular flexibility index (Phi) is 7.76.